The van der Waals surface area contributed by atoms with Crippen molar-refractivity contribution in [3.05, 3.63) is 49.6 Å². The average molecular weight is 301 g/mol. The second-order valence-electron chi connectivity index (χ2n) is 3.69. The van der Waals surface area contributed by atoms with Crippen molar-refractivity contribution < 1.29 is 9.53 Å². The summed E-state index contributed by atoms with van der Waals surface area (Å²) in [5, 5.41) is 0.868. The molecule has 5 heteroatoms. The maximum absolute atomic E-state index is 10.7. The lowest BCUT2D eigenvalue weighted by molar-refractivity contribution is 0.112. The maximum Gasteiger partial charge on any atom is 0.160 e. The minimum Gasteiger partial charge on any atom is -0.487 e. The van der Waals surface area contributed by atoms with Crippen molar-refractivity contribution in [1.82, 2.24) is 0 Å². The van der Waals surface area contributed by atoms with E-state index in [1.807, 2.05) is 13.0 Å². The first-order chi connectivity index (χ1) is 8.61. The molecule has 2 nitrogen and oxygen atoms in total. The van der Waals surface area contributed by atoms with Crippen LogP contribution in [0, 0.1) is 6.92 Å². The van der Waals surface area contributed by atoms with Crippen molar-refractivity contribution in [2.75, 3.05) is 0 Å². The Bertz CT molecular complexity index is 578. The van der Waals surface area contributed by atoms with E-state index >= 15 is 0 Å². The zero-order valence-corrected chi connectivity index (χ0v) is 11.9. The fourth-order valence-corrected chi connectivity index (χ4v) is 2.70. The summed E-state index contributed by atoms with van der Waals surface area (Å²) >= 11 is 13.4. The van der Waals surface area contributed by atoms with E-state index in [2.05, 4.69) is 0 Å². The van der Waals surface area contributed by atoms with Crippen LogP contribution in [0.5, 0.6) is 5.75 Å². The van der Waals surface area contributed by atoms with E-state index in [-0.39, 0.29) is 0 Å². The molecule has 0 atom stereocenters. The van der Waals surface area contributed by atoms with Crippen molar-refractivity contribution in [2.24, 2.45) is 0 Å². The molecule has 1 aromatic carbocycles. The molecule has 0 aliphatic carbocycles. The SMILES string of the molecule is Cc1sc(C=O)cc1COc1cccc(Cl)c1Cl. The Kier molecular flexibility index (Phi) is 4.27. The van der Waals surface area contributed by atoms with Gasteiger partial charge < -0.3 is 4.74 Å². The van der Waals surface area contributed by atoms with Gasteiger partial charge in [0.25, 0.3) is 0 Å². The lowest BCUT2D eigenvalue weighted by Crippen LogP contribution is -1.96. The molecule has 0 N–H and O–H groups in total. The number of aldehydes is 1. The summed E-state index contributed by atoms with van der Waals surface area (Å²) in [5.41, 5.74) is 0.984. The van der Waals surface area contributed by atoms with Crippen molar-refractivity contribution in [3.63, 3.8) is 0 Å². The molecule has 0 bridgehead atoms. The topological polar surface area (TPSA) is 26.3 Å². The quantitative estimate of drug-likeness (QED) is 0.761. The third-order valence-corrected chi connectivity index (χ3v) is 4.27. The van der Waals surface area contributed by atoms with Crippen LogP contribution in [-0.4, -0.2) is 6.29 Å². The summed E-state index contributed by atoms with van der Waals surface area (Å²) in [7, 11) is 0. The highest BCUT2D eigenvalue weighted by Gasteiger charge is 2.08. The van der Waals surface area contributed by atoms with E-state index in [9.17, 15) is 4.79 Å². The van der Waals surface area contributed by atoms with E-state index in [4.69, 9.17) is 27.9 Å². The van der Waals surface area contributed by atoms with Crippen molar-refractivity contribution >= 4 is 40.8 Å². The van der Waals surface area contributed by atoms with Crippen LogP contribution in [0.3, 0.4) is 0 Å². The molecule has 0 spiro atoms. The molecular weight excluding hydrogens is 291 g/mol. The molecule has 0 amide bonds. The lowest BCUT2D eigenvalue weighted by Gasteiger charge is -2.08. The Balaban J connectivity index is 2.13. The van der Waals surface area contributed by atoms with E-state index < -0.39 is 0 Å². The molecule has 0 aliphatic rings. The minimum atomic E-state index is 0.371. The van der Waals surface area contributed by atoms with Gasteiger partial charge in [0.2, 0.25) is 0 Å². The number of ether oxygens (including phenoxy) is 1. The highest BCUT2D eigenvalue weighted by Crippen LogP contribution is 2.32. The number of carbonyl (C=O) groups excluding carboxylic acids is 1. The van der Waals surface area contributed by atoms with Crippen LogP contribution in [0.25, 0.3) is 0 Å². The molecule has 94 valence electrons. The first-order valence-electron chi connectivity index (χ1n) is 5.23. The summed E-state index contributed by atoms with van der Waals surface area (Å²) in [6.45, 7) is 2.33. The number of hydrogen-bond acceptors (Lipinski definition) is 3. The van der Waals surface area contributed by atoms with Gasteiger partial charge in [-0.1, -0.05) is 29.3 Å². The molecule has 2 rings (SSSR count). The second kappa shape index (κ2) is 5.74. The van der Waals surface area contributed by atoms with Crippen LogP contribution < -0.4 is 4.74 Å². The zero-order chi connectivity index (χ0) is 13.1. The zero-order valence-electron chi connectivity index (χ0n) is 9.57. The van der Waals surface area contributed by atoms with Gasteiger partial charge in [0.05, 0.1) is 9.90 Å². The average Bonchev–Trinajstić information content (AvgIpc) is 2.72. The molecule has 0 radical (unpaired) electrons. The van der Waals surface area contributed by atoms with Gasteiger partial charge in [-0.25, -0.2) is 0 Å². The van der Waals surface area contributed by atoms with Crippen molar-refractivity contribution in [3.8, 4) is 5.75 Å². The Morgan fingerprint density at radius 1 is 1.39 bits per heavy atom. The van der Waals surface area contributed by atoms with Gasteiger partial charge >= 0.3 is 0 Å². The van der Waals surface area contributed by atoms with Crippen LogP contribution >= 0.6 is 34.5 Å². The second-order valence-corrected chi connectivity index (χ2v) is 5.76. The third-order valence-electron chi connectivity index (χ3n) is 2.46. The van der Waals surface area contributed by atoms with Crippen LogP contribution in [0.1, 0.15) is 20.1 Å². The Morgan fingerprint density at radius 3 is 2.83 bits per heavy atom. The largest absolute Gasteiger partial charge is 0.487 e. The predicted molar refractivity (Wildman–Crippen MR) is 75.2 cm³/mol. The Morgan fingerprint density at radius 2 is 2.17 bits per heavy atom. The molecule has 0 saturated carbocycles. The number of hydrogen-bond donors (Lipinski definition) is 0. The minimum absolute atomic E-state index is 0.371. The summed E-state index contributed by atoms with van der Waals surface area (Å²) in [4.78, 5) is 12.4. The summed E-state index contributed by atoms with van der Waals surface area (Å²) in [5.74, 6) is 0.544. The Hall–Kier alpha value is -1.03. The molecule has 0 fully saturated rings. The highest BCUT2D eigenvalue weighted by atomic mass is 35.5. The summed E-state index contributed by atoms with van der Waals surface area (Å²) in [6, 6.07) is 7.07. The molecule has 0 unspecified atom stereocenters. The van der Waals surface area contributed by atoms with Crippen molar-refractivity contribution in [2.45, 2.75) is 13.5 Å². The number of rotatable bonds is 4. The van der Waals surface area contributed by atoms with Gasteiger partial charge in [-0.05, 0) is 25.1 Å². The van der Waals surface area contributed by atoms with Gasteiger partial charge in [-0.3, -0.25) is 4.79 Å². The fraction of sp³-hybridized carbons (Fsp3) is 0.154. The predicted octanol–water partition coefficient (Wildman–Crippen LogP) is 4.75. The molecule has 0 saturated heterocycles. The fourth-order valence-electron chi connectivity index (χ4n) is 1.50. The van der Waals surface area contributed by atoms with Gasteiger partial charge in [-0.2, -0.15) is 0 Å². The summed E-state index contributed by atoms with van der Waals surface area (Å²) in [6.07, 6.45) is 0.841. The Labute approximate surface area is 119 Å². The van der Waals surface area contributed by atoms with E-state index in [1.165, 1.54) is 11.3 Å². The van der Waals surface area contributed by atoms with Crippen molar-refractivity contribution in [1.29, 1.82) is 0 Å². The van der Waals surface area contributed by atoms with Crippen LogP contribution in [0.4, 0.5) is 0 Å². The molecule has 18 heavy (non-hydrogen) atoms. The normalized spacial score (nSPS) is 10.4. The first-order valence-corrected chi connectivity index (χ1v) is 6.80. The van der Waals surface area contributed by atoms with Crippen LogP contribution in [-0.2, 0) is 6.61 Å². The van der Waals surface area contributed by atoms with E-state index in [1.54, 1.807) is 18.2 Å². The maximum atomic E-state index is 10.7. The van der Waals surface area contributed by atoms with Gasteiger partial charge in [0.1, 0.15) is 17.4 Å². The van der Waals surface area contributed by atoms with E-state index in [0.717, 1.165) is 16.7 Å². The monoisotopic (exact) mass is 300 g/mol. The standard InChI is InChI=1S/C13H10Cl2O2S/c1-8-9(5-10(6-16)18-8)7-17-12-4-2-3-11(14)13(12)15/h2-6H,7H2,1H3. The van der Waals surface area contributed by atoms with Gasteiger partial charge in [0, 0.05) is 10.4 Å². The number of aryl methyl sites for hydroxylation is 1. The molecule has 0 aliphatic heterocycles. The number of benzene rings is 1. The smallest absolute Gasteiger partial charge is 0.160 e. The van der Waals surface area contributed by atoms with Gasteiger partial charge in [-0.15, -0.1) is 11.3 Å². The molecule has 2 aromatic rings. The lowest BCUT2D eigenvalue weighted by atomic mass is 10.2. The highest BCUT2D eigenvalue weighted by molar-refractivity contribution is 7.13. The van der Waals surface area contributed by atoms with E-state index in [0.29, 0.717) is 27.3 Å². The number of carbonyl (C=O) groups is 1. The number of halogens is 2. The first kappa shape index (κ1) is 13.4. The van der Waals surface area contributed by atoms with Crippen LogP contribution in [0.2, 0.25) is 10.0 Å². The van der Waals surface area contributed by atoms with Gasteiger partial charge in [0.15, 0.2) is 6.29 Å². The molecule has 1 heterocycles. The summed E-state index contributed by atoms with van der Waals surface area (Å²) < 4.78 is 5.62. The van der Waals surface area contributed by atoms with Crippen LogP contribution in [0.15, 0.2) is 24.3 Å². The molecular formula is C13H10Cl2O2S. The molecule has 1 aromatic heterocycles. The third kappa shape index (κ3) is 2.86. The number of thiophene rings is 1.